The molecule has 3 N–H and O–H groups in total. The Morgan fingerprint density at radius 2 is 1.55 bits per heavy atom. The van der Waals surface area contributed by atoms with E-state index in [4.69, 9.17) is 14.2 Å². The number of hydrogen-bond donors (Lipinski definition) is 3. The van der Waals surface area contributed by atoms with Crippen LogP contribution in [-0.4, -0.2) is 77.7 Å². The second-order valence-corrected chi connectivity index (χ2v) is 11.3. The number of imidazole rings is 1. The first-order valence-electron chi connectivity index (χ1n) is 15.5. The molecular weight excluding hydrogens is 570 g/mol. The Morgan fingerprint density at radius 3 is 2.11 bits per heavy atom. The van der Waals surface area contributed by atoms with Crippen LogP contribution in [0.1, 0.15) is 85.7 Å². The number of aromatic nitrogens is 2. The predicted octanol–water partition coefficient (Wildman–Crippen LogP) is 2.20. The molecule has 0 aliphatic heterocycles. The second kappa shape index (κ2) is 19.7. The van der Waals surface area contributed by atoms with Crippen molar-refractivity contribution in [1.82, 2.24) is 25.5 Å². The summed E-state index contributed by atoms with van der Waals surface area (Å²) in [5, 5.41) is 8.82. The summed E-state index contributed by atoms with van der Waals surface area (Å²) in [4.78, 5) is 67.1. The standard InChI is InChI=1S/C31H53N5O8/c1-10-20(6)27(29(39)34-21(7)30(40)42-9)35-28(38)26(19(4)5)33-18-23-17-32-24(36(23)8)15-13-14-22(31(41)44-12-3)16-25(37)43-11-2/h17,19-22,26-27,33H,10-16,18H2,1-9H3,(H,34,39)(H,35,38)/t20-,21-,22?,26-,27-/m0/s1. The first-order valence-corrected chi connectivity index (χ1v) is 15.5. The lowest BCUT2D eigenvalue weighted by Crippen LogP contribution is -2.57. The highest BCUT2D eigenvalue weighted by Crippen LogP contribution is 2.18. The van der Waals surface area contributed by atoms with Crippen molar-refractivity contribution in [1.29, 1.82) is 0 Å². The molecule has 0 saturated carbocycles. The normalized spacial score (nSPS) is 14.6. The van der Waals surface area contributed by atoms with E-state index in [0.717, 1.165) is 11.5 Å². The Labute approximate surface area is 261 Å². The fraction of sp³-hybridized carbons (Fsp3) is 0.742. The molecule has 13 nitrogen and oxygen atoms in total. The van der Waals surface area contributed by atoms with E-state index in [-0.39, 0.29) is 37.4 Å². The van der Waals surface area contributed by atoms with Crippen LogP contribution >= 0.6 is 0 Å². The summed E-state index contributed by atoms with van der Waals surface area (Å²) in [6.07, 6.45) is 4.01. The van der Waals surface area contributed by atoms with E-state index in [2.05, 4.69) is 20.9 Å². The molecule has 0 spiro atoms. The van der Waals surface area contributed by atoms with E-state index in [1.54, 1.807) is 20.0 Å². The van der Waals surface area contributed by atoms with Gasteiger partial charge in [-0.3, -0.25) is 24.5 Å². The highest BCUT2D eigenvalue weighted by Gasteiger charge is 2.32. The van der Waals surface area contributed by atoms with E-state index in [9.17, 15) is 24.0 Å². The van der Waals surface area contributed by atoms with E-state index in [1.807, 2.05) is 39.3 Å². The molecule has 0 radical (unpaired) electrons. The summed E-state index contributed by atoms with van der Waals surface area (Å²) >= 11 is 0. The van der Waals surface area contributed by atoms with E-state index < -0.39 is 47.9 Å². The number of methoxy groups -OCH3 is 1. The van der Waals surface area contributed by atoms with E-state index in [1.165, 1.54) is 14.0 Å². The van der Waals surface area contributed by atoms with Crippen molar-refractivity contribution in [2.24, 2.45) is 24.8 Å². The molecule has 1 rings (SSSR count). The molecule has 44 heavy (non-hydrogen) atoms. The van der Waals surface area contributed by atoms with Gasteiger partial charge in [-0.15, -0.1) is 0 Å². The topological polar surface area (TPSA) is 167 Å². The molecule has 1 aromatic heterocycles. The fourth-order valence-electron chi connectivity index (χ4n) is 4.71. The maximum absolute atomic E-state index is 13.4. The van der Waals surface area contributed by atoms with Crippen LogP contribution < -0.4 is 16.0 Å². The maximum Gasteiger partial charge on any atom is 0.328 e. The Morgan fingerprint density at radius 1 is 0.909 bits per heavy atom. The van der Waals surface area contributed by atoms with Gasteiger partial charge in [0.15, 0.2) is 0 Å². The minimum Gasteiger partial charge on any atom is -0.467 e. The van der Waals surface area contributed by atoms with Crippen molar-refractivity contribution in [3.8, 4) is 0 Å². The molecule has 0 bridgehead atoms. The van der Waals surface area contributed by atoms with Gasteiger partial charge in [0.1, 0.15) is 17.9 Å². The number of carbonyl (C=O) groups excluding carboxylic acids is 5. The van der Waals surface area contributed by atoms with Gasteiger partial charge in [-0.1, -0.05) is 34.1 Å². The van der Waals surface area contributed by atoms with Crippen molar-refractivity contribution in [2.75, 3.05) is 20.3 Å². The SMILES string of the molecule is CCOC(=O)CC(CCCc1ncc(CN[C@H](C(=O)N[C@H](C(=O)N[C@@H](C)C(=O)OC)[C@@H](C)CC)C(C)C)n1C)C(=O)OCC. The van der Waals surface area contributed by atoms with Gasteiger partial charge < -0.3 is 29.4 Å². The van der Waals surface area contributed by atoms with Crippen molar-refractivity contribution < 1.29 is 38.2 Å². The molecular formula is C31H53N5O8. The molecule has 0 aliphatic carbocycles. The Kier molecular flexibility index (Phi) is 17.3. The van der Waals surface area contributed by atoms with Crippen molar-refractivity contribution in [3.05, 3.63) is 17.7 Å². The quantitative estimate of drug-likeness (QED) is 0.145. The van der Waals surface area contributed by atoms with Gasteiger partial charge in [-0.2, -0.15) is 0 Å². The molecule has 0 fully saturated rings. The van der Waals surface area contributed by atoms with Crippen LogP contribution in [0.4, 0.5) is 0 Å². The highest BCUT2D eigenvalue weighted by atomic mass is 16.5. The van der Waals surface area contributed by atoms with Gasteiger partial charge in [0.25, 0.3) is 0 Å². The smallest absolute Gasteiger partial charge is 0.328 e. The molecule has 2 amide bonds. The van der Waals surface area contributed by atoms with Crippen LogP contribution in [0.3, 0.4) is 0 Å². The number of nitrogens with one attached hydrogen (secondary N) is 3. The van der Waals surface area contributed by atoms with Crippen molar-refractivity contribution in [2.45, 2.75) is 105 Å². The Hall–Kier alpha value is -3.48. The number of carbonyl (C=O) groups is 5. The van der Waals surface area contributed by atoms with Gasteiger partial charge in [0, 0.05) is 26.2 Å². The molecule has 1 heterocycles. The minimum absolute atomic E-state index is 0.0229. The van der Waals surface area contributed by atoms with E-state index >= 15 is 0 Å². The zero-order chi connectivity index (χ0) is 33.4. The lowest BCUT2D eigenvalue weighted by atomic mass is 9.96. The minimum atomic E-state index is -0.845. The fourth-order valence-corrected chi connectivity index (χ4v) is 4.71. The van der Waals surface area contributed by atoms with Crippen LogP contribution in [0.15, 0.2) is 6.20 Å². The van der Waals surface area contributed by atoms with Gasteiger partial charge in [0.05, 0.1) is 44.4 Å². The molecule has 0 aromatic carbocycles. The molecule has 0 saturated heterocycles. The summed E-state index contributed by atoms with van der Waals surface area (Å²) in [5.74, 6) is -2.20. The lowest BCUT2D eigenvalue weighted by Gasteiger charge is -2.28. The summed E-state index contributed by atoms with van der Waals surface area (Å²) in [6.45, 7) is 13.5. The number of nitrogens with zero attached hydrogens (tertiary/aromatic N) is 2. The summed E-state index contributed by atoms with van der Waals surface area (Å²) in [6, 6.07) is -2.27. The number of rotatable bonds is 20. The third-order valence-corrected chi connectivity index (χ3v) is 7.63. The first kappa shape index (κ1) is 38.5. The third kappa shape index (κ3) is 12.3. The Bertz CT molecular complexity index is 1090. The molecule has 5 atom stereocenters. The van der Waals surface area contributed by atoms with Crippen LogP contribution in [0.5, 0.6) is 0 Å². The monoisotopic (exact) mass is 623 g/mol. The molecule has 13 heteroatoms. The average Bonchev–Trinajstić information content (AvgIpc) is 3.33. The number of hydrogen-bond acceptors (Lipinski definition) is 10. The summed E-state index contributed by atoms with van der Waals surface area (Å²) in [7, 11) is 3.14. The highest BCUT2D eigenvalue weighted by molar-refractivity contribution is 5.92. The third-order valence-electron chi connectivity index (χ3n) is 7.63. The maximum atomic E-state index is 13.4. The number of aryl methyl sites for hydroxylation is 1. The van der Waals surface area contributed by atoms with Gasteiger partial charge >= 0.3 is 17.9 Å². The predicted molar refractivity (Wildman–Crippen MR) is 164 cm³/mol. The molecule has 1 aromatic rings. The van der Waals surface area contributed by atoms with Crippen LogP contribution in [-0.2, 0) is 58.2 Å². The lowest BCUT2D eigenvalue weighted by molar-refractivity contribution is -0.155. The second-order valence-electron chi connectivity index (χ2n) is 11.3. The van der Waals surface area contributed by atoms with Crippen LogP contribution in [0, 0.1) is 17.8 Å². The largest absolute Gasteiger partial charge is 0.467 e. The van der Waals surface area contributed by atoms with E-state index in [0.29, 0.717) is 32.2 Å². The van der Waals surface area contributed by atoms with Crippen LogP contribution in [0.2, 0.25) is 0 Å². The zero-order valence-electron chi connectivity index (χ0n) is 27.9. The molecule has 1 unspecified atom stereocenters. The molecule has 0 aliphatic rings. The number of esters is 3. The van der Waals surface area contributed by atoms with Gasteiger partial charge in [-0.25, -0.2) is 9.78 Å². The van der Waals surface area contributed by atoms with Crippen LogP contribution in [0.25, 0.3) is 0 Å². The number of ether oxygens (including phenoxy) is 3. The zero-order valence-corrected chi connectivity index (χ0v) is 27.9. The summed E-state index contributed by atoms with van der Waals surface area (Å²) in [5.41, 5.74) is 0.857. The van der Waals surface area contributed by atoms with Crippen molar-refractivity contribution >= 4 is 29.7 Å². The molecule has 250 valence electrons. The number of amides is 2. The van der Waals surface area contributed by atoms with Crippen molar-refractivity contribution in [3.63, 3.8) is 0 Å². The first-order chi connectivity index (χ1) is 20.8. The van der Waals surface area contributed by atoms with Gasteiger partial charge in [-0.05, 0) is 45.4 Å². The Balaban J connectivity index is 2.87. The van der Waals surface area contributed by atoms with Gasteiger partial charge in [0.2, 0.25) is 11.8 Å². The summed E-state index contributed by atoms with van der Waals surface area (Å²) < 4.78 is 16.8. The average molecular weight is 624 g/mol.